The minimum Gasteiger partial charge on any atom is -0.497 e. The quantitative estimate of drug-likeness (QED) is 0.229. The van der Waals surface area contributed by atoms with Gasteiger partial charge in [0.15, 0.2) is 0 Å². The third-order valence-electron chi connectivity index (χ3n) is 4.51. The molecular weight excluding hydrogens is 523 g/mol. The van der Waals surface area contributed by atoms with Gasteiger partial charge >= 0.3 is 12.1 Å². The molecule has 11 heteroatoms. The summed E-state index contributed by atoms with van der Waals surface area (Å²) >= 11 is 3.18. The highest BCUT2D eigenvalue weighted by Crippen LogP contribution is 2.39. The maximum absolute atomic E-state index is 13.7. The first-order chi connectivity index (χ1) is 16.2. The Bertz CT molecular complexity index is 1430. The molecular formula is C23H13BrF3NO6. The number of alkyl halides is 3. The van der Waals surface area contributed by atoms with Crippen molar-refractivity contribution in [2.45, 2.75) is 6.18 Å². The van der Waals surface area contributed by atoms with E-state index in [2.05, 4.69) is 20.9 Å². The Kier molecular flexibility index (Phi) is 6.29. The number of pyridine rings is 1. The number of hydrogen-bond acceptors (Lipinski definition) is 7. The SMILES string of the molecule is COc1ccc(Oc2c(C(F)(F)F)oc3cc(OC(=O)c4cncc(Br)c4)ccc3c2=O)cc1. The Hall–Kier alpha value is -3.86. The number of benzene rings is 2. The standard InChI is InChI=1S/C23H13BrF3NO6/c1-31-14-2-4-15(5-3-14)32-20-19(29)17-7-6-16(9-18(17)34-21(20)23(25,26)27)33-22(30)12-8-13(24)11-28-10-12/h2-11H,1H3. The van der Waals surface area contributed by atoms with Crippen LogP contribution in [-0.4, -0.2) is 18.1 Å². The normalized spacial score (nSPS) is 11.3. The molecule has 0 bridgehead atoms. The Labute approximate surface area is 197 Å². The number of fused-ring (bicyclic) bond motifs is 1. The number of esters is 1. The van der Waals surface area contributed by atoms with Crippen LogP contribution in [0.25, 0.3) is 11.0 Å². The minimum absolute atomic E-state index is 0.0221. The van der Waals surface area contributed by atoms with Crippen LogP contribution >= 0.6 is 15.9 Å². The third-order valence-corrected chi connectivity index (χ3v) is 4.94. The molecule has 0 aliphatic heterocycles. The lowest BCUT2D eigenvalue weighted by Crippen LogP contribution is -2.15. The van der Waals surface area contributed by atoms with E-state index in [9.17, 15) is 22.8 Å². The zero-order valence-corrected chi connectivity index (χ0v) is 18.8. The smallest absolute Gasteiger partial charge is 0.453 e. The third kappa shape index (κ3) is 4.88. The summed E-state index contributed by atoms with van der Waals surface area (Å²) in [6.45, 7) is 0. The fourth-order valence-corrected chi connectivity index (χ4v) is 3.32. The molecule has 0 unspecified atom stereocenters. The van der Waals surface area contributed by atoms with Gasteiger partial charge in [0.1, 0.15) is 22.8 Å². The maximum Gasteiger partial charge on any atom is 0.453 e. The van der Waals surface area contributed by atoms with Crippen molar-refractivity contribution in [3.63, 3.8) is 0 Å². The van der Waals surface area contributed by atoms with Crippen molar-refractivity contribution in [3.8, 4) is 23.0 Å². The van der Waals surface area contributed by atoms with Crippen LogP contribution in [0.15, 0.2) is 74.6 Å². The Balaban J connectivity index is 1.73. The van der Waals surface area contributed by atoms with Crippen LogP contribution < -0.4 is 19.6 Å². The van der Waals surface area contributed by atoms with Gasteiger partial charge in [-0.15, -0.1) is 0 Å². The molecule has 0 fully saturated rings. The van der Waals surface area contributed by atoms with Gasteiger partial charge in [-0.3, -0.25) is 9.78 Å². The zero-order valence-electron chi connectivity index (χ0n) is 17.2. The summed E-state index contributed by atoms with van der Waals surface area (Å²) in [5.74, 6) is -3.14. The lowest BCUT2D eigenvalue weighted by Gasteiger charge is -2.14. The summed E-state index contributed by atoms with van der Waals surface area (Å²) in [4.78, 5) is 29.0. The summed E-state index contributed by atoms with van der Waals surface area (Å²) in [5, 5.41) is -0.194. The molecule has 0 saturated heterocycles. The monoisotopic (exact) mass is 535 g/mol. The molecule has 174 valence electrons. The number of nitrogens with zero attached hydrogens (tertiary/aromatic N) is 1. The number of rotatable bonds is 5. The van der Waals surface area contributed by atoms with E-state index in [0.29, 0.717) is 10.2 Å². The second kappa shape index (κ2) is 9.18. The van der Waals surface area contributed by atoms with E-state index in [0.717, 1.165) is 6.07 Å². The van der Waals surface area contributed by atoms with Gasteiger partial charge in [0.05, 0.1) is 18.1 Å². The fraction of sp³-hybridized carbons (Fsp3) is 0.0870. The molecule has 2 aromatic carbocycles. The van der Waals surface area contributed by atoms with Crippen LogP contribution in [0.3, 0.4) is 0 Å². The van der Waals surface area contributed by atoms with Crippen LogP contribution in [0, 0.1) is 0 Å². The number of carbonyl (C=O) groups is 1. The van der Waals surface area contributed by atoms with Crippen LogP contribution in [0.5, 0.6) is 23.0 Å². The van der Waals surface area contributed by atoms with Crippen molar-refractivity contribution in [2.75, 3.05) is 7.11 Å². The van der Waals surface area contributed by atoms with E-state index in [-0.39, 0.29) is 22.4 Å². The molecule has 4 aromatic rings. The molecule has 0 radical (unpaired) electrons. The maximum atomic E-state index is 13.7. The first-order valence-electron chi connectivity index (χ1n) is 9.48. The number of methoxy groups -OCH3 is 1. The van der Waals surface area contributed by atoms with E-state index in [1.54, 1.807) is 0 Å². The molecule has 0 spiro atoms. The van der Waals surface area contributed by atoms with Gasteiger partial charge in [-0.2, -0.15) is 13.2 Å². The first kappa shape index (κ1) is 23.3. The number of hydrogen-bond donors (Lipinski definition) is 0. The van der Waals surface area contributed by atoms with Crippen LogP contribution in [-0.2, 0) is 6.18 Å². The summed E-state index contributed by atoms with van der Waals surface area (Å²) in [7, 11) is 1.43. The van der Waals surface area contributed by atoms with Gasteiger partial charge in [0.2, 0.25) is 11.2 Å². The van der Waals surface area contributed by atoms with Crippen LogP contribution in [0.4, 0.5) is 13.2 Å². The lowest BCUT2D eigenvalue weighted by molar-refractivity contribution is -0.154. The average Bonchev–Trinajstić information content (AvgIpc) is 2.80. The first-order valence-corrected chi connectivity index (χ1v) is 10.3. The van der Waals surface area contributed by atoms with Crippen LogP contribution in [0.1, 0.15) is 16.1 Å². The van der Waals surface area contributed by atoms with Gasteiger partial charge in [-0.1, -0.05) is 0 Å². The highest BCUT2D eigenvalue weighted by molar-refractivity contribution is 9.10. The molecule has 0 aliphatic rings. The van der Waals surface area contributed by atoms with Gasteiger partial charge < -0.3 is 18.6 Å². The summed E-state index contributed by atoms with van der Waals surface area (Å²) in [5.41, 5.74) is -1.37. The highest BCUT2D eigenvalue weighted by Gasteiger charge is 2.40. The second-order valence-electron chi connectivity index (χ2n) is 6.80. The van der Waals surface area contributed by atoms with Crippen LogP contribution in [0.2, 0.25) is 0 Å². The van der Waals surface area contributed by atoms with Gasteiger partial charge in [0.25, 0.3) is 5.76 Å². The fourth-order valence-electron chi connectivity index (χ4n) is 2.95. The molecule has 4 rings (SSSR count). The topological polar surface area (TPSA) is 87.9 Å². The van der Waals surface area contributed by atoms with Crippen molar-refractivity contribution >= 4 is 32.9 Å². The van der Waals surface area contributed by atoms with E-state index in [4.69, 9.17) is 18.6 Å². The van der Waals surface area contributed by atoms with Crippen molar-refractivity contribution < 1.29 is 36.6 Å². The highest BCUT2D eigenvalue weighted by atomic mass is 79.9. The Morgan fingerprint density at radius 3 is 2.32 bits per heavy atom. The molecule has 0 atom stereocenters. The van der Waals surface area contributed by atoms with Crippen molar-refractivity contribution in [2.24, 2.45) is 0 Å². The number of ether oxygens (including phenoxy) is 3. The number of aromatic nitrogens is 1. The summed E-state index contributed by atoms with van der Waals surface area (Å²) in [6, 6.07) is 10.5. The van der Waals surface area contributed by atoms with Crippen molar-refractivity contribution in [1.29, 1.82) is 0 Å². The minimum atomic E-state index is -5.04. The average molecular weight is 536 g/mol. The van der Waals surface area contributed by atoms with Gasteiger partial charge in [0, 0.05) is 22.9 Å². The van der Waals surface area contributed by atoms with E-state index in [1.165, 1.54) is 62.0 Å². The molecule has 2 aromatic heterocycles. The predicted molar refractivity (Wildman–Crippen MR) is 117 cm³/mol. The molecule has 2 heterocycles. The molecule has 7 nitrogen and oxygen atoms in total. The molecule has 0 saturated carbocycles. The zero-order chi connectivity index (χ0) is 24.5. The Morgan fingerprint density at radius 1 is 1.00 bits per heavy atom. The Morgan fingerprint density at radius 2 is 1.68 bits per heavy atom. The van der Waals surface area contributed by atoms with E-state index < -0.39 is 34.7 Å². The molecule has 0 N–H and O–H groups in total. The van der Waals surface area contributed by atoms with Gasteiger partial charge in [-0.05, 0) is 58.4 Å². The lowest BCUT2D eigenvalue weighted by atomic mass is 10.2. The molecule has 34 heavy (non-hydrogen) atoms. The summed E-state index contributed by atoms with van der Waals surface area (Å²) in [6.07, 6.45) is -2.31. The second-order valence-corrected chi connectivity index (χ2v) is 7.72. The summed E-state index contributed by atoms with van der Waals surface area (Å²) < 4.78 is 62.1. The predicted octanol–water partition coefficient (Wildman–Crippen LogP) is 5.99. The largest absolute Gasteiger partial charge is 0.497 e. The van der Waals surface area contributed by atoms with Gasteiger partial charge in [-0.25, -0.2) is 4.79 Å². The van der Waals surface area contributed by atoms with Crippen molar-refractivity contribution in [3.05, 3.63) is 86.9 Å². The number of carbonyl (C=O) groups excluding carboxylic acids is 1. The van der Waals surface area contributed by atoms with E-state index in [1.807, 2.05) is 0 Å². The van der Waals surface area contributed by atoms with Crippen molar-refractivity contribution in [1.82, 2.24) is 4.98 Å². The molecule has 0 aliphatic carbocycles. The molecule has 0 amide bonds. The van der Waals surface area contributed by atoms with E-state index >= 15 is 0 Å². The number of halogens is 4.